The van der Waals surface area contributed by atoms with Crippen LogP contribution in [-0.4, -0.2) is 39.9 Å². The Bertz CT molecular complexity index is 929. The van der Waals surface area contributed by atoms with Crippen LogP contribution in [0.25, 0.3) is 0 Å². The van der Waals surface area contributed by atoms with Gasteiger partial charge in [-0.3, -0.25) is 4.79 Å². The molecule has 1 atom stereocenters. The number of alkyl halides is 3. The SMILES string of the molecule is Cn1ccnc1C(O)(CCNC(=O)COc1ccc(Cl)cc1C1CCCCC1)C(F)(F)F. The molecule has 1 aromatic carbocycles. The molecule has 2 N–H and O–H groups in total. The Labute approximate surface area is 189 Å². The smallest absolute Gasteiger partial charge is 0.424 e. The monoisotopic (exact) mass is 473 g/mol. The molecule has 1 fully saturated rings. The van der Waals surface area contributed by atoms with Gasteiger partial charge in [-0.2, -0.15) is 13.2 Å². The molecule has 176 valence electrons. The van der Waals surface area contributed by atoms with E-state index in [0.717, 1.165) is 35.8 Å². The molecule has 1 amide bonds. The van der Waals surface area contributed by atoms with E-state index in [9.17, 15) is 23.1 Å². The molecule has 0 saturated heterocycles. The fourth-order valence-electron chi connectivity index (χ4n) is 4.10. The van der Waals surface area contributed by atoms with Crippen LogP contribution < -0.4 is 10.1 Å². The number of amides is 1. The van der Waals surface area contributed by atoms with Gasteiger partial charge in [0.25, 0.3) is 5.91 Å². The topological polar surface area (TPSA) is 76.4 Å². The highest BCUT2D eigenvalue weighted by molar-refractivity contribution is 6.30. The minimum Gasteiger partial charge on any atom is -0.483 e. The summed E-state index contributed by atoms with van der Waals surface area (Å²) in [6.07, 6.45) is 2.23. The maximum atomic E-state index is 13.5. The highest BCUT2D eigenvalue weighted by Crippen LogP contribution is 2.41. The van der Waals surface area contributed by atoms with Crippen molar-refractivity contribution in [2.24, 2.45) is 7.05 Å². The van der Waals surface area contributed by atoms with Crippen molar-refractivity contribution in [3.8, 4) is 5.75 Å². The summed E-state index contributed by atoms with van der Waals surface area (Å²) >= 11 is 6.14. The average molecular weight is 474 g/mol. The second-order valence-corrected chi connectivity index (χ2v) is 8.56. The molecule has 10 heteroatoms. The Hall–Kier alpha value is -2.26. The molecule has 2 aromatic rings. The summed E-state index contributed by atoms with van der Waals surface area (Å²) in [5, 5.41) is 13.3. The number of aromatic nitrogens is 2. The molecule has 1 unspecified atom stereocenters. The van der Waals surface area contributed by atoms with Crippen LogP contribution in [0.5, 0.6) is 5.75 Å². The number of carbonyl (C=O) groups excluding carboxylic acids is 1. The fourth-order valence-corrected chi connectivity index (χ4v) is 4.29. The number of imidazole rings is 1. The van der Waals surface area contributed by atoms with Crippen LogP contribution in [-0.2, 0) is 17.4 Å². The van der Waals surface area contributed by atoms with Crippen LogP contribution in [0.15, 0.2) is 30.6 Å². The number of benzene rings is 1. The Morgan fingerprint density at radius 1 is 1.31 bits per heavy atom. The molecule has 0 aliphatic heterocycles. The van der Waals surface area contributed by atoms with Gasteiger partial charge in [-0.05, 0) is 42.5 Å². The number of nitrogens with zero attached hydrogens (tertiary/aromatic N) is 2. The molecule has 1 aliphatic rings. The predicted molar refractivity (Wildman–Crippen MR) is 114 cm³/mol. The molecule has 1 saturated carbocycles. The van der Waals surface area contributed by atoms with E-state index in [0.29, 0.717) is 16.7 Å². The molecule has 6 nitrogen and oxygen atoms in total. The summed E-state index contributed by atoms with van der Waals surface area (Å²) in [4.78, 5) is 15.8. The van der Waals surface area contributed by atoms with Crippen molar-refractivity contribution in [2.45, 2.75) is 56.2 Å². The summed E-state index contributed by atoms with van der Waals surface area (Å²) < 4.78 is 47.4. The van der Waals surface area contributed by atoms with E-state index in [1.807, 2.05) is 6.07 Å². The third-order valence-electron chi connectivity index (χ3n) is 5.84. The summed E-state index contributed by atoms with van der Waals surface area (Å²) in [5.74, 6) is -0.260. The molecule has 32 heavy (non-hydrogen) atoms. The number of carbonyl (C=O) groups is 1. The van der Waals surface area contributed by atoms with Gasteiger partial charge in [0.1, 0.15) is 11.6 Å². The predicted octanol–water partition coefficient (Wildman–Crippen LogP) is 4.46. The lowest BCUT2D eigenvalue weighted by atomic mass is 9.84. The van der Waals surface area contributed by atoms with Crippen LogP contribution >= 0.6 is 11.6 Å². The number of aliphatic hydroxyl groups is 1. The minimum absolute atomic E-state index is 0.306. The first-order valence-corrected chi connectivity index (χ1v) is 11.0. The lowest BCUT2D eigenvalue weighted by molar-refractivity contribution is -0.272. The van der Waals surface area contributed by atoms with E-state index < -0.39 is 36.5 Å². The first kappa shape index (κ1) is 24.4. The first-order valence-electron chi connectivity index (χ1n) is 10.6. The van der Waals surface area contributed by atoms with Crippen molar-refractivity contribution < 1.29 is 27.8 Å². The standard InChI is InChI=1S/C22H27ClF3N3O3/c1-29-12-11-28-20(29)21(31,22(24,25)26)9-10-27-19(30)14-32-18-8-7-16(23)13-17(18)15-5-3-2-4-6-15/h7-8,11-13,15,31H,2-6,9-10,14H2,1H3,(H,27,30). The van der Waals surface area contributed by atoms with Crippen molar-refractivity contribution in [1.82, 2.24) is 14.9 Å². The van der Waals surface area contributed by atoms with Gasteiger partial charge in [0.15, 0.2) is 6.61 Å². The maximum absolute atomic E-state index is 13.5. The van der Waals surface area contributed by atoms with Gasteiger partial charge in [-0.15, -0.1) is 0 Å². The second kappa shape index (κ2) is 10.1. The van der Waals surface area contributed by atoms with Gasteiger partial charge < -0.3 is 19.7 Å². The zero-order valence-electron chi connectivity index (χ0n) is 17.8. The van der Waals surface area contributed by atoms with Gasteiger partial charge in [0, 0.05) is 37.4 Å². The van der Waals surface area contributed by atoms with Gasteiger partial charge in [0.2, 0.25) is 5.60 Å². The van der Waals surface area contributed by atoms with Gasteiger partial charge in [-0.25, -0.2) is 4.98 Å². The fraction of sp³-hybridized carbons (Fsp3) is 0.545. The summed E-state index contributed by atoms with van der Waals surface area (Å²) in [7, 11) is 1.36. The second-order valence-electron chi connectivity index (χ2n) is 8.13. The lowest BCUT2D eigenvalue weighted by Gasteiger charge is -2.30. The van der Waals surface area contributed by atoms with E-state index in [1.165, 1.54) is 25.9 Å². The van der Waals surface area contributed by atoms with E-state index in [2.05, 4.69) is 10.3 Å². The van der Waals surface area contributed by atoms with Crippen molar-refractivity contribution >= 4 is 17.5 Å². The number of hydrogen-bond acceptors (Lipinski definition) is 4. The van der Waals surface area contributed by atoms with Crippen LogP contribution in [0.1, 0.15) is 55.8 Å². The van der Waals surface area contributed by atoms with Crippen LogP contribution in [0.2, 0.25) is 5.02 Å². The van der Waals surface area contributed by atoms with E-state index in [1.54, 1.807) is 12.1 Å². The summed E-state index contributed by atoms with van der Waals surface area (Å²) in [6, 6.07) is 5.24. The molecular weight excluding hydrogens is 447 g/mol. The summed E-state index contributed by atoms with van der Waals surface area (Å²) in [5.41, 5.74) is -2.23. The summed E-state index contributed by atoms with van der Waals surface area (Å²) in [6.45, 7) is -0.755. The Balaban J connectivity index is 1.58. The number of aryl methyl sites for hydroxylation is 1. The third kappa shape index (κ3) is 5.56. The quantitative estimate of drug-likeness (QED) is 0.593. The molecule has 1 aliphatic carbocycles. The van der Waals surface area contributed by atoms with Gasteiger partial charge >= 0.3 is 6.18 Å². The number of halogens is 4. The number of rotatable bonds is 8. The van der Waals surface area contributed by atoms with E-state index in [4.69, 9.17) is 16.3 Å². The van der Waals surface area contributed by atoms with Crippen molar-refractivity contribution in [3.05, 3.63) is 47.0 Å². The first-order chi connectivity index (χ1) is 15.1. The number of ether oxygens (including phenoxy) is 1. The molecule has 0 radical (unpaired) electrons. The van der Waals surface area contributed by atoms with E-state index >= 15 is 0 Å². The minimum atomic E-state index is -4.95. The van der Waals surface area contributed by atoms with Gasteiger partial charge in [0.05, 0.1) is 0 Å². The average Bonchev–Trinajstić information content (AvgIpc) is 3.19. The molecule has 0 spiro atoms. The third-order valence-corrected chi connectivity index (χ3v) is 6.08. The Morgan fingerprint density at radius 2 is 2.03 bits per heavy atom. The molecule has 3 rings (SSSR count). The number of hydrogen-bond donors (Lipinski definition) is 2. The highest BCUT2D eigenvalue weighted by Gasteiger charge is 2.57. The molecule has 1 aromatic heterocycles. The normalized spacial score (nSPS) is 17.1. The highest BCUT2D eigenvalue weighted by atomic mass is 35.5. The van der Waals surface area contributed by atoms with Crippen LogP contribution in [0.3, 0.4) is 0 Å². The number of nitrogens with one attached hydrogen (secondary N) is 1. The molecule has 1 heterocycles. The maximum Gasteiger partial charge on any atom is 0.424 e. The zero-order valence-corrected chi connectivity index (χ0v) is 18.5. The van der Waals surface area contributed by atoms with Crippen LogP contribution in [0, 0.1) is 0 Å². The molecule has 0 bridgehead atoms. The Morgan fingerprint density at radius 3 is 2.66 bits per heavy atom. The van der Waals surface area contributed by atoms with Crippen LogP contribution in [0.4, 0.5) is 13.2 Å². The lowest BCUT2D eigenvalue weighted by Crippen LogP contribution is -2.47. The van der Waals surface area contributed by atoms with Gasteiger partial charge in [-0.1, -0.05) is 30.9 Å². The van der Waals surface area contributed by atoms with Crippen molar-refractivity contribution in [3.63, 3.8) is 0 Å². The van der Waals surface area contributed by atoms with E-state index in [-0.39, 0.29) is 6.61 Å². The molecular formula is C22H27ClF3N3O3. The zero-order chi connectivity index (χ0) is 23.4. The van der Waals surface area contributed by atoms with Crippen molar-refractivity contribution in [2.75, 3.05) is 13.2 Å². The van der Waals surface area contributed by atoms with Crippen molar-refractivity contribution in [1.29, 1.82) is 0 Å². The largest absolute Gasteiger partial charge is 0.483 e. The Kier molecular flexibility index (Phi) is 7.71.